The predicted octanol–water partition coefficient (Wildman–Crippen LogP) is 2.25. The van der Waals surface area contributed by atoms with Gasteiger partial charge in [0, 0.05) is 0 Å². The number of aliphatic hydroxyl groups is 1. The van der Waals surface area contributed by atoms with Crippen LogP contribution in [0.5, 0.6) is 11.5 Å². The Bertz CT molecular complexity index is 546. The highest BCUT2D eigenvalue weighted by molar-refractivity contribution is 6.00. The summed E-state index contributed by atoms with van der Waals surface area (Å²) < 4.78 is 60.8. The summed E-state index contributed by atoms with van der Waals surface area (Å²) in [5.74, 6) is -9.51. The number of carbonyl (C=O) groups is 1. The molecule has 0 saturated heterocycles. The van der Waals surface area contributed by atoms with Crippen LogP contribution in [0, 0.1) is 0 Å². The van der Waals surface area contributed by atoms with Crippen LogP contribution in [0.1, 0.15) is 16.8 Å². The van der Waals surface area contributed by atoms with E-state index in [0.29, 0.717) is 0 Å². The van der Waals surface area contributed by atoms with Crippen LogP contribution in [0.2, 0.25) is 0 Å². The summed E-state index contributed by atoms with van der Waals surface area (Å²) in [4.78, 5) is 11.8. The number of rotatable bonds is 3. The second-order valence-corrected chi connectivity index (χ2v) is 4.27. The van der Waals surface area contributed by atoms with Gasteiger partial charge in [0.1, 0.15) is 11.5 Å². The Morgan fingerprint density at radius 1 is 1.45 bits per heavy atom. The SMILES string of the molecule is COc1ccc2c(c1)C(=O)C[C@@](O)(C(F)(F)C(F)F)O2. The fraction of sp³-hybridized carbons (Fsp3) is 0.417. The molecule has 110 valence electrons. The average molecular weight is 294 g/mol. The van der Waals surface area contributed by atoms with Crippen molar-refractivity contribution in [3.8, 4) is 11.5 Å². The first kappa shape index (κ1) is 14.6. The number of fused-ring (bicyclic) bond motifs is 1. The number of methoxy groups -OCH3 is 1. The van der Waals surface area contributed by atoms with Crippen LogP contribution in [0.4, 0.5) is 17.6 Å². The highest BCUT2D eigenvalue weighted by Gasteiger charge is 2.64. The van der Waals surface area contributed by atoms with Crippen LogP contribution in [-0.2, 0) is 0 Å². The lowest BCUT2D eigenvalue weighted by Crippen LogP contribution is -2.59. The normalized spacial score (nSPS) is 22.4. The van der Waals surface area contributed by atoms with Gasteiger partial charge in [-0.25, -0.2) is 8.78 Å². The molecule has 1 heterocycles. The van der Waals surface area contributed by atoms with Crippen LogP contribution < -0.4 is 9.47 Å². The van der Waals surface area contributed by atoms with Gasteiger partial charge in [0.15, 0.2) is 5.78 Å². The van der Waals surface area contributed by atoms with E-state index in [4.69, 9.17) is 4.74 Å². The second kappa shape index (κ2) is 4.62. The topological polar surface area (TPSA) is 55.8 Å². The Hall–Kier alpha value is -1.83. The van der Waals surface area contributed by atoms with Crippen molar-refractivity contribution in [2.75, 3.05) is 7.11 Å². The third-order valence-corrected chi connectivity index (χ3v) is 2.96. The minimum atomic E-state index is -4.87. The number of benzene rings is 1. The Labute approximate surface area is 110 Å². The van der Waals surface area contributed by atoms with Gasteiger partial charge in [-0.15, -0.1) is 0 Å². The highest BCUT2D eigenvalue weighted by atomic mass is 19.3. The molecule has 1 aromatic rings. The molecule has 1 atom stereocenters. The van der Waals surface area contributed by atoms with E-state index >= 15 is 0 Å². The van der Waals surface area contributed by atoms with Crippen LogP contribution in [0.15, 0.2) is 18.2 Å². The molecule has 1 N–H and O–H groups in total. The maximum atomic E-state index is 13.3. The summed E-state index contributed by atoms with van der Waals surface area (Å²) >= 11 is 0. The second-order valence-electron chi connectivity index (χ2n) is 4.27. The molecular formula is C12H10F4O4. The molecule has 0 unspecified atom stereocenters. The zero-order chi connectivity index (χ0) is 15.1. The molecule has 0 amide bonds. The fourth-order valence-electron chi connectivity index (χ4n) is 1.83. The van der Waals surface area contributed by atoms with Gasteiger partial charge in [0.05, 0.1) is 19.1 Å². The number of ether oxygens (including phenoxy) is 2. The third-order valence-electron chi connectivity index (χ3n) is 2.96. The Kier molecular flexibility index (Phi) is 3.37. The Morgan fingerprint density at radius 2 is 2.10 bits per heavy atom. The minimum Gasteiger partial charge on any atom is -0.497 e. The molecule has 0 bridgehead atoms. The molecule has 4 nitrogen and oxygen atoms in total. The minimum absolute atomic E-state index is 0.112. The number of Topliss-reactive ketones (excluding diaryl/α,β-unsaturated/α-hetero) is 1. The summed E-state index contributed by atoms with van der Waals surface area (Å²) in [6.07, 6.45) is -5.44. The van der Waals surface area contributed by atoms with E-state index in [9.17, 15) is 27.5 Å². The van der Waals surface area contributed by atoms with Gasteiger partial charge in [0.2, 0.25) is 0 Å². The van der Waals surface area contributed by atoms with Crippen molar-refractivity contribution >= 4 is 5.78 Å². The standard InChI is InChI=1S/C12H10F4O4/c1-19-6-2-3-9-7(4-6)8(17)5-11(18,20-9)12(15,16)10(13)14/h2-4,10,18H,5H2,1H3/t11-/m0/s1. The first-order valence-electron chi connectivity index (χ1n) is 5.50. The molecule has 20 heavy (non-hydrogen) atoms. The van der Waals surface area contributed by atoms with E-state index in [2.05, 4.69) is 4.74 Å². The molecule has 0 aromatic heterocycles. The Morgan fingerprint density at radius 3 is 2.65 bits per heavy atom. The molecule has 1 aliphatic heterocycles. The van der Waals surface area contributed by atoms with E-state index in [-0.39, 0.29) is 11.3 Å². The maximum absolute atomic E-state index is 13.3. The van der Waals surface area contributed by atoms with E-state index in [0.717, 1.165) is 6.07 Å². The molecule has 0 saturated carbocycles. The summed E-state index contributed by atoms with van der Waals surface area (Å²) in [7, 11) is 1.33. The monoisotopic (exact) mass is 294 g/mol. The molecule has 0 radical (unpaired) electrons. The molecule has 1 aromatic carbocycles. The molecule has 0 spiro atoms. The van der Waals surface area contributed by atoms with Gasteiger partial charge in [-0.3, -0.25) is 4.79 Å². The van der Waals surface area contributed by atoms with Gasteiger partial charge in [-0.05, 0) is 18.2 Å². The lowest BCUT2D eigenvalue weighted by molar-refractivity contribution is -0.316. The van der Waals surface area contributed by atoms with Crippen molar-refractivity contribution in [3.63, 3.8) is 0 Å². The number of ketones is 1. The van der Waals surface area contributed by atoms with Crippen molar-refractivity contribution in [2.45, 2.75) is 24.6 Å². The zero-order valence-electron chi connectivity index (χ0n) is 10.2. The number of hydrogen-bond donors (Lipinski definition) is 1. The number of hydrogen-bond acceptors (Lipinski definition) is 4. The van der Waals surface area contributed by atoms with Gasteiger partial charge in [-0.2, -0.15) is 8.78 Å². The maximum Gasteiger partial charge on any atom is 0.371 e. The van der Waals surface area contributed by atoms with Crippen molar-refractivity contribution in [1.82, 2.24) is 0 Å². The van der Waals surface area contributed by atoms with Gasteiger partial charge in [0.25, 0.3) is 5.79 Å². The Balaban J connectivity index is 2.44. The van der Waals surface area contributed by atoms with E-state index in [1.54, 1.807) is 0 Å². The van der Waals surface area contributed by atoms with Crippen molar-refractivity contribution < 1.29 is 36.9 Å². The smallest absolute Gasteiger partial charge is 0.371 e. The van der Waals surface area contributed by atoms with E-state index in [1.807, 2.05) is 0 Å². The van der Waals surface area contributed by atoms with Gasteiger partial charge >= 0.3 is 12.3 Å². The molecule has 1 aliphatic rings. The quantitative estimate of drug-likeness (QED) is 0.869. The van der Waals surface area contributed by atoms with Crippen LogP contribution in [0.25, 0.3) is 0 Å². The largest absolute Gasteiger partial charge is 0.497 e. The van der Waals surface area contributed by atoms with E-state index in [1.165, 1.54) is 19.2 Å². The molecule has 8 heteroatoms. The summed E-state index contributed by atoms with van der Waals surface area (Å²) in [6.45, 7) is 0. The first-order chi connectivity index (χ1) is 9.21. The first-order valence-corrected chi connectivity index (χ1v) is 5.50. The van der Waals surface area contributed by atoms with Crippen LogP contribution in [0.3, 0.4) is 0 Å². The predicted molar refractivity (Wildman–Crippen MR) is 58.5 cm³/mol. The highest BCUT2D eigenvalue weighted by Crippen LogP contribution is 2.44. The zero-order valence-corrected chi connectivity index (χ0v) is 10.2. The fourth-order valence-corrected chi connectivity index (χ4v) is 1.83. The lowest BCUT2D eigenvalue weighted by atomic mass is 9.94. The number of halogens is 4. The third kappa shape index (κ3) is 2.09. The lowest BCUT2D eigenvalue weighted by Gasteiger charge is -2.37. The summed E-state index contributed by atoms with van der Waals surface area (Å²) in [5, 5.41) is 9.61. The van der Waals surface area contributed by atoms with Crippen molar-refractivity contribution in [1.29, 1.82) is 0 Å². The van der Waals surface area contributed by atoms with Crippen molar-refractivity contribution in [3.05, 3.63) is 23.8 Å². The summed E-state index contributed by atoms with van der Waals surface area (Å²) in [5.41, 5.74) is -0.112. The number of alkyl halides is 4. The average Bonchev–Trinajstić information content (AvgIpc) is 2.38. The van der Waals surface area contributed by atoms with E-state index < -0.39 is 36.1 Å². The van der Waals surface area contributed by atoms with Gasteiger partial charge in [-0.1, -0.05) is 0 Å². The van der Waals surface area contributed by atoms with Gasteiger partial charge < -0.3 is 14.6 Å². The van der Waals surface area contributed by atoms with Crippen LogP contribution >= 0.6 is 0 Å². The molecule has 0 aliphatic carbocycles. The number of carbonyl (C=O) groups excluding carboxylic acids is 1. The molecule has 0 fully saturated rings. The molecule has 2 rings (SSSR count). The van der Waals surface area contributed by atoms with Crippen LogP contribution in [-0.4, -0.2) is 36.1 Å². The van der Waals surface area contributed by atoms with Crippen molar-refractivity contribution in [2.24, 2.45) is 0 Å². The summed E-state index contributed by atoms with van der Waals surface area (Å²) in [6, 6.07) is 3.61. The molecular weight excluding hydrogens is 284 g/mol.